The first-order valence-corrected chi connectivity index (χ1v) is 10.7. The van der Waals surface area contributed by atoms with Crippen LogP contribution >= 0.6 is 0 Å². The first kappa shape index (κ1) is 24.4. The fourth-order valence-corrected chi connectivity index (χ4v) is 2.95. The molecule has 0 saturated heterocycles. The van der Waals surface area contributed by atoms with Crippen molar-refractivity contribution in [1.29, 1.82) is 0 Å². The maximum atomic E-state index is 12.1. The van der Waals surface area contributed by atoms with Crippen LogP contribution in [0.2, 0.25) is 0 Å². The topological polar surface area (TPSA) is 57.6 Å². The van der Waals surface area contributed by atoms with Crippen LogP contribution in [0.4, 0.5) is 0 Å². The van der Waals surface area contributed by atoms with E-state index in [2.05, 4.69) is 32.6 Å². The molecule has 0 saturated carbocycles. The van der Waals surface area contributed by atoms with Crippen LogP contribution in [-0.2, 0) is 0 Å². The van der Waals surface area contributed by atoms with Gasteiger partial charge in [0, 0.05) is 17.4 Å². The number of imide groups is 1. The minimum Gasteiger partial charge on any atom is -0.278 e. The molecule has 0 spiro atoms. The van der Waals surface area contributed by atoms with Crippen molar-refractivity contribution < 1.29 is 14.8 Å². The van der Waals surface area contributed by atoms with E-state index >= 15 is 0 Å². The average molecular weight is 396 g/mol. The van der Waals surface area contributed by atoms with Crippen molar-refractivity contribution in [3.63, 3.8) is 0 Å². The monoisotopic (exact) mass is 395 g/mol. The molecule has 0 bridgehead atoms. The van der Waals surface area contributed by atoms with E-state index in [0.29, 0.717) is 22.1 Å². The number of carbonyl (C=O) groups excluding carboxylic acids is 2. The number of amides is 2. The molecule has 1 aliphatic heterocycles. The predicted molar refractivity (Wildman–Crippen MR) is 119 cm³/mol. The van der Waals surface area contributed by atoms with Crippen LogP contribution in [0.25, 0.3) is 10.8 Å². The summed E-state index contributed by atoms with van der Waals surface area (Å²) in [7, 11) is 0. The van der Waals surface area contributed by atoms with Crippen molar-refractivity contribution in [1.82, 2.24) is 5.06 Å². The van der Waals surface area contributed by atoms with Gasteiger partial charge in [0.2, 0.25) is 0 Å². The number of unbranched alkanes of at least 4 members (excludes halogenated alkanes) is 4. The minimum absolute atomic E-state index is 0.172. The van der Waals surface area contributed by atoms with Crippen LogP contribution < -0.4 is 0 Å². The highest BCUT2D eigenvalue weighted by Crippen LogP contribution is 2.30. The van der Waals surface area contributed by atoms with Gasteiger partial charge in [0.1, 0.15) is 0 Å². The van der Waals surface area contributed by atoms with Crippen molar-refractivity contribution in [3.05, 3.63) is 47.0 Å². The Balaban J connectivity index is 0.000000527. The molecule has 1 heterocycles. The quantitative estimate of drug-likeness (QED) is 0.275. The van der Waals surface area contributed by atoms with Crippen LogP contribution in [0.5, 0.6) is 0 Å². The fraction of sp³-hybridized carbons (Fsp3) is 0.440. The van der Waals surface area contributed by atoms with Gasteiger partial charge in [-0.25, -0.2) is 0 Å². The predicted octanol–water partition coefficient (Wildman–Crippen LogP) is 6.59. The largest absolute Gasteiger partial charge is 0.285 e. The van der Waals surface area contributed by atoms with Crippen molar-refractivity contribution in [2.75, 3.05) is 0 Å². The summed E-state index contributed by atoms with van der Waals surface area (Å²) in [6, 6.07) is 8.69. The van der Waals surface area contributed by atoms with Gasteiger partial charge in [-0.05, 0) is 30.0 Å². The van der Waals surface area contributed by atoms with Crippen molar-refractivity contribution in [2.45, 2.75) is 73.1 Å². The highest BCUT2D eigenvalue weighted by molar-refractivity contribution is 6.24. The van der Waals surface area contributed by atoms with Crippen LogP contribution in [0.1, 0.15) is 99.4 Å². The molecule has 156 valence electrons. The zero-order chi connectivity index (χ0) is 21.8. The van der Waals surface area contributed by atoms with Gasteiger partial charge in [0.15, 0.2) is 0 Å². The number of hydroxylamine groups is 2. The summed E-state index contributed by atoms with van der Waals surface area (Å²) in [5, 5.41) is 11.2. The van der Waals surface area contributed by atoms with Gasteiger partial charge in [-0.1, -0.05) is 84.3 Å². The van der Waals surface area contributed by atoms with E-state index in [-0.39, 0.29) is 5.06 Å². The second-order valence-electron chi connectivity index (χ2n) is 6.61. The van der Waals surface area contributed by atoms with Gasteiger partial charge in [0.25, 0.3) is 11.8 Å². The van der Waals surface area contributed by atoms with Crippen molar-refractivity contribution in [3.8, 4) is 11.8 Å². The van der Waals surface area contributed by atoms with Gasteiger partial charge < -0.3 is 0 Å². The summed E-state index contributed by atoms with van der Waals surface area (Å²) in [4.78, 5) is 24.1. The normalized spacial score (nSPS) is 11.7. The lowest BCUT2D eigenvalue weighted by Gasteiger charge is -2.21. The molecular formula is C25H33NO3. The molecule has 2 aromatic rings. The van der Waals surface area contributed by atoms with E-state index in [0.717, 1.165) is 24.6 Å². The lowest BCUT2D eigenvalue weighted by atomic mass is 9.93. The van der Waals surface area contributed by atoms with Gasteiger partial charge in [-0.15, -0.1) is 5.06 Å². The van der Waals surface area contributed by atoms with Crippen LogP contribution in [-0.4, -0.2) is 22.1 Å². The molecule has 0 fully saturated rings. The van der Waals surface area contributed by atoms with Crippen LogP contribution in [0, 0.1) is 11.8 Å². The smallest absolute Gasteiger partial charge is 0.278 e. The SMILES string of the molecule is CC.CCCCC.CCCCC#Cc1cc2c3c(cccc3c1)C(=O)N(O)C2=O. The van der Waals surface area contributed by atoms with Crippen LogP contribution in [0.3, 0.4) is 0 Å². The Morgan fingerprint density at radius 3 is 2.10 bits per heavy atom. The summed E-state index contributed by atoms with van der Waals surface area (Å²) in [5.41, 5.74) is 1.36. The Morgan fingerprint density at radius 2 is 1.52 bits per heavy atom. The third-order valence-electron chi connectivity index (χ3n) is 4.42. The van der Waals surface area contributed by atoms with Crippen molar-refractivity contribution in [2.24, 2.45) is 0 Å². The molecule has 29 heavy (non-hydrogen) atoms. The fourth-order valence-electron chi connectivity index (χ4n) is 2.95. The third-order valence-corrected chi connectivity index (χ3v) is 4.42. The first-order chi connectivity index (χ1) is 14.0. The molecule has 0 unspecified atom stereocenters. The van der Waals surface area contributed by atoms with Gasteiger partial charge in [0.05, 0.1) is 11.1 Å². The molecule has 0 aromatic heterocycles. The molecule has 0 aliphatic carbocycles. The first-order valence-electron chi connectivity index (χ1n) is 10.7. The molecule has 3 rings (SSSR count). The van der Waals surface area contributed by atoms with Gasteiger partial charge in [-0.3, -0.25) is 14.8 Å². The standard InChI is InChI=1S/C18H15NO3.C5H12.C2H6/c1-2-3-4-5-7-12-10-13-8-6-9-14-16(13)15(11-12)18(21)19(22)17(14)20;1-3-5-4-2;1-2/h6,8-11,22H,2-4H2,1H3;3-5H2,1-2H3;1-2H3. The second kappa shape index (κ2) is 12.7. The molecular weight excluding hydrogens is 362 g/mol. The molecule has 0 radical (unpaired) electrons. The number of benzene rings is 2. The van der Waals surface area contributed by atoms with E-state index in [4.69, 9.17) is 0 Å². The maximum Gasteiger partial charge on any atom is 0.285 e. The molecule has 4 nitrogen and oxygen atoms in total. The van der Waals surface area contributed by atoms with Crippen molar-refractivity contribution >= 4 is 22.6 Å². The Hall–Kier alpha value is -2.64. The lowest BCUT2D eigenvalue weighted by Crippen LogP contribution is -2.37. The van der Waals surface area contributed by atoms with E-state index < -0.39 is 11.8 Å². The number of nitrogens with zero attached hydrogens (tertiary/aromatic N) is 1. The van der Waals surface area contributed by atoms with E-state index in [1.54, 1.807) is 18.2 Å². The molecule has 4 heteroatoms. The Labute approximate surface area is 174 Å². The Morgan fingerprint density at radius 1 is 0.897 bits per heavy atom. The van der Waals surface area contributed by atoms with Gasteiger partial charge in [-0.2, -0.15) is 0 Å². The summed E-state index contributed by atoms with van der Waals surface area (Å²) < 4.78 is 0. The average Bonchev–Trinajstić information content (AvgIpc) is 2.75. The highest BCUT2D eigenvalue weighted by Gasteiger charge is 2.32. The lowest BCUT2D eigenvalue weighted by molar-refractivity contribution is -0.0377. The molecule has 2 amide bonds. The molecule has 0 atom stereocenters. The highest BCUT2D eigenvalue weighted by atomic mass is 16.5. The van der Waals surface area contributed by atoms with E-state index in [9.17, 15) is 14.8 Å². The number of hydrogen-bond acceptors (Lipinski definition) is 3. The van der Waals surface area contributed by atoms with Crippen LogP contribution in [0.15, 0.2) is 30.3 Å². The third kappa shape index (κ3) is 6.17. The molecule has 1 N–H and O–H groups in total. The summed E-state index contributed by atoms with van der Waals surface area (Å²) in [5.74, 6) is 4.74. The molecule has 2 aromatic carbocycles. The summed E-state index contributed by atoms with van der Waals surface area (Å²) >= 11 is 0. The van der Waals surface area contributed by atoms with Gasteiger partial charge >= 0.3 is 0 Å². The summed E-state index contributed by atoms with van der Waals surface area (Å²) in [6.45, 7) is 10.5. The zero-order valence-electron chi connectivity index (χ0n) is 18.3. The van der Waals surface area contributed by atoms with E-state index in [1.165, 1.54) is 19.3 Å². The minimum atomic E-state index is -0.703. The zero-order valence-corrected chi connectivity index (χ0v) is 18.3. The maximum absolute atomic E-state index is 12.1. The Bertz CT molecular complexity index is 888. The second-order valence-corrected chi connectivity index (χ2v) is 6.61. The Kier molecular flexibility index (Phi) is 10.7. The van der Waals surface area contributed by atoms with E-state index in [1.807, 2.05) is 26.0 Å². The molecule has 1 aliphatic rings. The number of hydrogen-bond donors (Lipinski definition) is 1. The number of carbonyl (C=O) groups is 2. The summed E-state index contributed by atoms with van der Waals surface area (Å²) in [6.07, 6.45) is 7.01. The number of rotatable bonds is 4.